The molecule has 0 spiro atoms. The minimum Gasteiger partial charge on any atom is -0.326 e. The molecule has 1 aromatic carbocycles. The van der Waals surface area contributed by atoms with E-state index in [4.69, 9.17) is 0 Å². The SMILES string of the molecule is CNCCN(C)CCCC(=O)Nc1cccc(C)c1. The highest BCUT2D eigenvalue weighted by Gasteiger charge is 2.04. The lowest BCUT2D eigenvalue weighted by molar-refractivity contribution is -0.116. The summed E-state index contributed by atoms with van der Waals surface area (Å²) in [7, 11) is 4.03. The molecular formula is C15H25N3O. The van der Waals surface area contributed by atoms with Crippen LogP contribution in [-0.4, -0.2) is 44.5 Å². The van der Waals surface area contributed by atoms with Gasteiger partial charge in [0.1, 0.15) is 0 Å². The molecule has 19 heavy (non-hydrogen) atoms. The first kappa shape index (κ1) is 15.7. The maximum atomic E-state index is 11.8. The first-order chi connectivity index (χ1) is 9.11. The maximum absolute atomic E-state index is 11.8. The number of benzene rings is 1. The second-order valence-electron chi connectivity index (χ2n) is 4.93. The Morgan fingerprint density at radius 2 is 2.11 bits per heavy atom. The van der Waals surface area contributed by atoms with Crippen LogP contribution in [0.3, 0.4) is 0 Å². The molecule has 106 valence electrons. The van der Waals surface area contributed by atoms with Crippen LogP contribution in [0.5, 0.6) is 0 Å². The van der Waals surface area contributed by atoms with Gasteiger partial charge in [-0.1, -0.05) is 12.1 Å². The summed E-state index contributed by atoms with van der Waals surface area (Å²) in [5.41, 5.74) is 2.04. The van der Waals surface area contributed by atoms with Crippen LogP contribution in [0.4, 0.5) is 5.69 Å². The molecule has 0 aromatic heterocycles. The third-order valence-corrected chi connectivity index (χ3v) is 2.99. The fraction of sp³-hybridized carbons (Fsp3) is 0.533. The quantitative estimate of drug-likeness (QED) is 0.752. The van der Waals surface area contributed by atoms with E-state index >= 15 is 0 Å². The minimum atomic E-state index is 0.0904. The Labute approximate surface area is 116 Å². The molecule has 0 unspecified atom stereocenters. The summed E-state index contributed by atoms with van der Waals surface area (Å²) in [6.07, 6.45) is 1.45. The van der Waals surface area contributed by atoms with Crippen molar-refractivity contribution in [3.05, 3.63) is 29.8 Å². The summed E-state index contributed by atoms with van der Waals surface area (Å²) in [6, 6.07) is 7.88. The molecule has 4 heteroatoms. The highest BCUT2D eigenvalue weighted by molar-refractivity contribution is 5.90. The summed E-state index contributed by atoms with van der Waals surface area (Å²) >= 11 is 0. The van der Waals surface area contributed by atoms with E-state index in [0.29, 0.717) is 6.42 Å². The molecule has 0 aliphatic heterocycles. The number of hydrogen-bond donors (Lipinski definition) is 2. The van der Waals surface area contributed by atoms with Gasteiger partial charge in [-0.05, 0) is 51.7 Å². The lowest BCUT2D eigenvalue weighted by Crippen LogP contribution is -2.28. The van der Waals surface area contributed by atoms with Gasteiger partial charge in [0.15, 0.2) is 0 Å². The van der Waals surface area contributed by atoms with Gasteiger partial charge in [0, 0.05) is 25.2 Å². The van der Waals surface area contributed by atoms with Crippen molar-refractivity contribution in [2.24, 2.45) is 0 Å². The molecule has 1 aromatic rings. The van der Waals surface area contributed by atoms with Crippen molar-refractivity contribution in [1.82, 2.24) is 10.2 Å². The summed E-state index contributed by atoms with van der Waals surface area (Å²) in [6.45, 7) is 4.96. The lowest BCUT2D eigenvalue weighted by atomic mass is 10.2. The second-order valence-corrected chi connectivity index (χ2v) is 4.93. The molecule has 0 atom stereocenters. The van der Waals surface area contributed by atoms with E-state index in [1.807, 2.05) is 38.2 Å². The number of carbonyl (C=O) groups excluding carboxylic acids is 1. The fourth-order valence-corrected chi connectivity index (χ4v) is 1.87. The highest BCUT2D eigenvalue weighted by Crippen LogP contribution is 2.10. The monoisotopic (exact) mass is 263 g/mol. The molecule has 0 fully saturated rings. The third kappa shape index (κ3) is 6.94. The number of aryl methyl sites for hydroxylation is 1. The number of nitrogens with zero attached hydrogens (tertiary/aromatic N) is 1. The number of anilines is 1. The Morgan fingerprint density at radius 3 is 2.79 bits per heavy atom. The average molecular weight is 263 g/mol. The molecule has 4 nitrogen and oxygen atoms in total. The normalized spacial score (nSPS) is 10.7. The zero-order valence-corrected chi connectivity index (χ0v) is 12.2. The van der Waals surface area contributed by atoms with Crippen LogP contribution in [0.1, 0.15) is 18.4 Å². The van der Waals surface area contributed by atoms with E-state index in [0.717, 1.165) is 37.3 Å². The molecule has 0 saturated carbocycles. The van der Waals surface area contributed by atoms with E-state index in [1.54, 1.807) is 0 Å². The van der Waals surface area contributed by atoms with E-state index < -0.39 is 0 Å². The zero-order valence-electron chi connectivity index (χ0n) is 12.2. The Hall–Kier alpha value is -1.39. The van der Waals surface area contributed by atoms with Crippen molar-refractivity contribution in [3.8, 4) is 0 Å². The molecule has 1 rings (SSSR count). The first-order valence-electron chi connectivity index (χ1n) is 6.81. The van der Waals surface area contributed by atoms with Gasteiger partial charge in [-0.25, -0.2) is 0 Å². The largest absolute Gasteiger partial charge is 0.326 e. The maximum Gasteiger partial charge on any atom is 0.224 e. The molecule has 1 amide bonds. The smallest absolute Gasteiger partial charge is 0.224 e. The van der Waals surface area contributed by atoms with Crippen LogP contribution >= 0.6 is 0 Å². The summed E-state index contributed by atoms with van der Waals surface area (Å²) in [4.78, 5) is 14.0. The van der Waals surface area contributed by atoms with Gasteiger partial charge >= 0.3 is 0 Å². The van der Waals surface area contributed by atoms with Crippen LogP contribution in [-0.2, 0) is 4.79 Å². The van der Waals surface area contributed by atoms with Gasteiger partial charge in [-0.15, -0.1) is 0 Å². The second kappa shape index (κ2) is 8.67. The molecule has 0 bridgehead atoms. The Kier molecular flexibility index (Phi) is 7.15. The first-order valence-corrected chi connectivity index (χ1v) is 6.81. The molecule has 0 aliphatic rings. The van der Waals surface area contributed by atoms with E-state index in [2.05, 4.69) is 22.6 Å². The zero-order chi connectivity index (χ0) is 14.1. The topological polar surface area (TPSA) is 44.4 Å². The predicted octanol–water partition coefficient (Wildman–Crippen LogP) is 1.86. The van der Waals surface area contributed by atoms with Crippen molar-refractivity contribution >= 4 is 11.6 Å². The number of nitrogens with one attached hydrogen (secondary N) is 2. The Bertz CT molecular complexity index is 393. The van der Waals surface area contributed by atoms with Gasteiger partial charge in [0.05, 0.1) is 0 Å². The number of amides is 1. The van der Waals surface area contributed by atoms with Crippen LogP contribution in [0.2, 0.25) is 0 Å². The van der Waals surface area contributed by atoms with Crippen LogP contribution in [0, 0.1) is 6.92 Å². The van der Waals surface area contributed by atoms with Crippen molar-refractivity contribution in [3.63, 3.8) is 0 Å². The third-order valence-electron chi connectivity index (χ3n) is 2.99. The molecular weight excluding hydrogens is 238 g/mol. The van der Waals surface area contributed by atoms with E-state index in [1.165, 1.54) is 0 Å². The molecule has 0 aliphatic carbocycles. The van der Waals surface area contributed by atoms with Crippen LogP contribution in [0.25, 0.3) is 0 Å². The van der Waals surface area contributed by atoms with Gasteiger partial charge in [-0.2, -0.15) is 0 Å². The summed E-state index contributed by atoms with van der Waals surface area (Å²) < 4.78 is 0. The van der Waals surface area contributed by atoms with Gasteiger partial charge < -0.3 is 15.5 Å². The number of rotatable bonds is 8. The number of likely N-dealkylation sites (N-methyl/N-ethyl adjacent to an activating group) is 2. The standard InChI is InChI=1S/C15H25N3O/c1-13-6-4-7-14(12-13)17-15(19)8-5-10-18(3)11-9-16-2/h4,6-7,12,16H,5,8-11H2,1-3H3,(H,17,19). The average Bonchev–Trinajstić information content (AvgIpc) is 2.36. The molecule has 0 saturated heterocycles. The molecule has 0 heterocycles. The predicted molar refractivity (Wildman–Crippen MR) is 80.5 cm³/mol. The highest BCUT2D eigenvalue weighted by atomic mass is 16.1. The van der Waals surface area contributed by atoms with Crippen LogP contribution in [0.15, 0.2) is 24.3 Å². The van der Waals surface area contributed by atoms with Crippen LogP contribution < -0.4 is 10.6 Å². The van der Waals surface area contributed by atoms with Crippen molar-refractivity contribution in [1.29, 1.82) is 0 Å². The number of carbonyl (C=O) groups is 1. The minimum absolute atomic E-state index is 0.0904. The summed E-state index contributed by atoms with van der Waals surface area (Å²) in [5.74, 6) is 0.0904. The van der Waals surface area contributed by atoms with Crippen molar-refractivity contribution < 1.29 is 4.79 Å². The van der Waals surface area contributed by atoms with Gasteiger partial charge in [0.25, 0.3) is 0 Å². The molecule has 0 radical (unpaired) electrons. The Balaban J connectivity index is 2.21. The van der Waals surface area contributed by atoms with Crippen molar-refractivity contribution in [2.45, 2.75) is 19.8 Å². The lowest BCUT2D eigenvalue weighted by Gasteiger charge is -2.15. The fourth-order valence-electron chi connectivity index (χ4n) is 1.87. The van der Waals surface area contributed by atoms with Gasteiger partial charge in [-0.3, -0.25) is 4.79 Å². The molecule has 2 N–H and O–H groups in total. The van der Waals surface area contributed by atoms with Gasteiger partial charge in [0.2, 0.25) is 5.91 Å². The Morgan fingerprint density at radius 1 is 1.32 bits per heavy atom. The van der Waals surface area contributed by atoms with E-state index in [-0.39, 0.29) is 5.91 Å². The van der Waals surface area contributed by atoms with Crippen molar-refractivity contribution in [2.75, 3.05) is 39.0 Å². The van der Waals surface area contributed by atoms with E-state index in [9.17, 15) is 4.79 Å². The summed E-state index contributed by atoms with van der Waals surface area (Å²) in [5, 5.41) is 6.04. The number of hydrogen-bond acceptors (Lipinski definition) is 3.